The van der Waals surface area contributed by atoms with Crippen LogP contribution in [-0.4, -0.2) is 35.4 Å². The number of thioether (sulfide) groups is 1. The zero-order valence-electron chi connectivity index (χ0n) is 7.70. The SMILES string of the molecule is CC(C)N(C)C(C)SCC=O. The quantitative estimate of drug-likeness (QED) is 0.467. The smallest absolute Gasteiger partial charge is 0.129 e. The first kappa shape index (κ1) is 11.0. The van der Waals surface area contributed by atoms with Gasteiger partial charge in [-0.1, -0.05) is 0 Å². The molecule has 0 amide bonds. The molecular formula is C8H17NOS. The minimum Gasteiger partial charge on any atom is -0.302 e. The molecule has 0 aromatic heterocycles. The summed E-state index contributed by atoms with van der Waals surface area (Å²) in [6.07, 6.45) is 0.954. The minimum atomic E-state index is 0.431. The van der Waals surface area contributed by atoms with Crippen LogP contribution in [0.25, 0.3) is 0 Å². The van der Waals surface area contributed by atoms with Gasteiger partial charge in [-0.15, -0.1) is 11.8 Å². The first-order chi connectivity index (χ1) is 5.09. The Morgan fingerprint density at radius 2 is 2.00 bits per heavy atom. The second kappa shape index (κ2) is 5.61. The van der Waals surface area contributed by atoms with Crippen molar-refractivity contribution >= 4 is 18.0 Å². The number of aldehydes is 1. The van der Waals surface area contributed by atoms with Gasteiger partial charge in [0.25, 0.3) is 0 Å². The summed E-state index contributed by atoms with van der Waals surface area (Å²) in [5, 5.41) is 0.431. The third-order valence-electron chi connectivity index (χ3n) is 1.79. The fraction of sp³-hybridized carbons (Fsp3) is 0.875. The molecule has 0 aliphatic heterocycles. The van der Waals surface area contributed by atoms with Gasteiger partial charge in [0, 0.05) is 6.04 Å². The second-order valence-corrected chi connectivity index (χ2v) is 4.21. The summed E-state index contributed by atoms with van der Waals surface area (Å²) in [7, 11) is 2.08. The Bertz CT molecular complexity index is 117. The number of rotatable bonds is 5. The van der Waals surface area contributed by atoms with Crippen molar-refractivity contribution in [2.75, 3.05) is 12.8 Å². The van der Waals surface area contributed by atoms with E-state index in [0.29, 0.717) is 17.2 Å². The number of carbonyl (C=O) groups is 1. The van der Waals surface area contributed by atoms with E-state index >= 15 is 0 Å². The van der Waals surface area contributed by atoms with Crippen molar-refractivity contribution in [1.82, 2.24) is 4.90 Å². The monoisotopic (exact) mass is 175 g/mol. The van der Waals surface area contributed by atoms with Gasteiger partial charge in [0.1, 0.15) is 6.29 Å². The fourth-order valence-electron chi connectivity index (χ4n) is 0.716. The van der Waals surface area contributed by atoms with Crippen molar-refractivity contribution in [3.63, 3.8) is 0 Å². The van der Waals surface area contributed by atoms with Gasteiger partial charge in [0.15, 0.2) is 0 Å². The Morgan fingerprint density at radius 3 is 2.36 bits per heavy atom. The molecule has 0 fully saturated rings. The summed E-state index contributed by atoms with van der Waals surface area (Å²) in [5.74, 6) is 0.595. The summed E-state index contributed by atoms with van der Waals surface area (Å²) in [6, 6.07) is 0.546. The predicted octanol–water partition coefficient (Wildman–Crippen LogP) is 1.60. The molecule has 1 atom stereocenters. The van der Waals surface area contributed by atoms with Crippen LogP contribution in [0.2, 0.25) is 0 Å². The van der Waals surface area contributed by atoms with Gasteiger partial charge in [0.05, 0.1) is 11.1 Å². The normalized spacial score (nSPS) is 14.0. The molecule has 0 saturated carbocycles. The lowest BCUT2D eigenvalue weighted by Gasteiger charge is -2.27. The van der Waals surface area contributed by atoms with E-state index in [1.54, 1.807) is 11.8 Å². The van der Waals surface area contributed by atoms with Gasteiger partial charge in [0.2, 0.25) is 0 Å². The minimum absolute atomic E-state index is 0.431. The predicted molar refractivity (Wildman–Crippen MR) is 50.9 cm³/mol. The lowest BCUT2D eigenvalue weighted by atomic mass is 10.3. The van der Waals surface area contributed by atoms with Crippen molar-refractivity contribution < 1.29 is 4.79 Å². The van der Waals surface area contributed by atoms with E-state index in [2.05, 4.69) is 32.7 Å². The Kier molecular flexibility index (Phi) is 5.60. The van der Waals surface area contributed by atoms with Crippen molar-refractivity contribution in [3.8, 4) is 0 Å². The van der Waals surface area contributed by atoms with E-state index in [1.165, 1.54) is 0 Å². The average Bonchev–Trinajstić information content (AvgIpc) is 1.98. The molecule has 0 saturated heterocycles. The average molecular weight is 175 g/mol. The van der Waals surface area contributed by atoms with E-state index in [9.17, 15) is 4.79 Å². The molecule has 0 aromatic rings. The summed E-state index contributed by atoms with van der Waals surface area (Å²) in [6.45, 7) is 6.42. The Labute approximate surface area is 73.3 Å². The molecule has 2 nitrogen and oxygen atoms in total. The Morgan fingerprint density at radius 1 is 1.45 bits per heavy atom. The molecule has 0 aliphatic carbocycles. The van der Waals surface area contributed by atoms with Crippen LogP contribution in [0.4, 0.5) is 0 Å². The van der Waals surface area contributed by atoms with Crippen molar-refractivity contribution in [2.24, 2.45) is 0 Å². The number of hydrogen-bond donors (Lipinski definition) is 0. The van der Waals surface area contributed by atoms with E-state index < -0.39 is 0 Å². The maximum Gasteiger partial charge on any atom is 0.129 e. The highest BCUT2D eigenvalue weighted by Gasteiger charge is 2.11. The maximum atomic E-state index is 10.1. The van der Waals surface area contributed by atoms with Crippen molar-refractivity contribution in [3.05, 3.63) is 0 Å². The molecule has 11 heavy (non-hydrogen) atoms. The molecule has 0 aromatic carbocycles. The zero-order valence-corrected chi connectivity index (χ0v) is 8.52. The highest BCUT2D eigenvalue weighted by Crippen LogP contribution is 2.14. The van der Waals surface area contributed by atoms with Crippen LogP contribution in [0.5, 0.6) is 0 Å². The Balaban J connectivity index is 3.63. The molecule has 0 radical (unpaired) electrons. The van der Waals surface area contributed by atoms with Crippen molar-refractivity contribution in [1.29, 1.82) is 0 Å². The topological polar surface area (TPSA) is 20.3 Å². The lowest BCUT2D eigenvalue weighted by molar-refractivity contribution is -0.105. The van der Waals surface area contributed by atoms with Gasteiger partial charge in [-0.3, -0.25) is 4.90 Å². The molecule has 3 heteroatoms. The van der Waals surface area contributed by atoms with Crippen LogP contribution in [0.1, 0.15) is 20.8 Å². The lowest BCUT2D eigenvalue weighted by Crippen LogP contribution is -2.33. The molecule has 66 valence electrons. The molecule has 0 rings (SSSR count). The zero-order chi connectivity index (χ0) is 8.85. The largest absolute Gasteiger partial charge is 0.302 e. The van der Waals surface area contributed by atoms with E-state index in [4.69, 9.17) is 0 Å². The van der Waals surface area contributed by atoms with E-state index in [1.807, 2.05) is 0 Å². The summed E-state index contributed by atoms with van der Waals surface area (Å²) in [5.41, 5.74) is 0. The van der Waals surface area contributed by atoms with Crippen LogP contribution >= 0.6 is 11.8 Å². The van der Waals surface area contributed by atoms with Gasteiger partial charge in [-0.25, -0.2) is 0 Å². The molecule has 0 spiro atoms. The van der Waals surface area contributed by atoms with E-state index in [0.717, 1.165) is 6.29 Å². The number of carbonyl (C=O) groups excluding carboxylic acids is 1. The standard InChI is InChI=1S/C8H17NOS/c1-7(2)9(4)8(3)11-6-5-10/h5,7-8H,6H2,1-4H3. The first-order valence-electron chi connectivity index (χ1n) is 3.86. The molecule has 1 unspecified atom stereocenters. The highest BCUT2D eigenvalue weighted by molar-refractivity contribution is 8.00. The Hall–Kier alpha value is -0.0200. The number of hydrogen-bond acceptors (Lipinski definition) is 3. The van der Waals surface area contributed by atoms with Crippen LogP contribution in [0, 0.1) is 0 Å². The third-order valence-corrected chi connectivity index (χ3v) is 2.94. The molecule has 0 N–H and O–H groups in total. The van der Waals surface area contributed by atoms with Crippen LogP contribution < -0.4 is 0 Å². The number of nitrogens with zero attached hydrogens (tertiary/aromatic N) is 1. The second-order valence-electron chi connectivity index (χ2n) is 2.86. The highest BCUT2D eigenvalue weighted by atomic mass is 32.2. The fourth-order valence-corrected chi connectivity index (χ4v) is 1.55. The molecule has 0 heterocycles. The molecule has 0 bridgehead atoms. The van der Waals surface area contributed by atoms with E-state index in [-0.39, 0.29) is 0 Å². The van der Waals surface area contributed by atoms with Gasteiger partial charge < -0.3 is 4.79 Å². The molecule has 0 aliphatic rings. The van der Waals surface area contributed by atoms with Crippen LogP contribution in [0.3, 0.4) is 0 Å². The van der Waals surface area contributed by atoms with Crippen LogP contribution in [-0.2, 0) is 4.79 Å². The van der Waals surface area contributed by atoms with Gasteiger partial charge >= 0.3 is 0 Å². The molecular weight excluding hydrogens is 158 g/mol. The first-order valence-corrected chi connectivity index (χ1v) is 4.91. The summed E-state index contributed by atoms with van der Waals surface area (Å²) >= 11 is 1.67. The van der Waals surface area contributed by atoms with Crippen molar-refractivity contribution in [2.45, 2.75) is 32.2 Å². The summed E-state index contributed by atoms with van der Waals surface area (Å²) in [4.78, 5) is 12.3. The third kappa shape index (κ3) is 4.43. The maximum absolute atomic E-state index is 10.1. The van der Waals surface area contributed by atoms with Gasteiger partial charge in [-0.2, -0.15) is 0 Å². The van der Waals surface area contributed by atoms with Gasteiger partial charge in [-0.05, 0) is 27.8 Å². The van der Waals surface area contributed by atoms with Crippen LogP contribution in [0.15, 0.2) is 0 Å². The summed E-state index contributed by atoms with van der Waals surface area (Å²) < 4.78 is 0.